The van der Waals surface area contributed by atoms with E-state index in [4.69, 9.17) is 28.4 Å². The molecule has 9 nitrogen and oxygen atoms in total. The van der Waals surface area contributed by atoms with Crippen LogP contribution in [0, 0.1) is 5.82 Å². The molecule has 198 valence electrons. The molecular weight excluding hydrogens is 505 g/mol. The van der Waals surface area contributed by atoms with E-state index in [1.807, 2.05) is 0 Å². The molecule has 3 aromatic rings. The molecule has 11 heteroatoms. The van der Waals surface area contributed by atoms with Gasteiger partial charge in [-0.25, -0.2) is 12.8 Å². The Hall–Kier alpha value is -4.12. The molecule has 0 aliphatic carbocycles. The summed E-state index contributed by atoms with van der Waals surface area (Å²) in [7, 11) is 4.40. The lowest BCUT2D eigenvalue weighted by Gasteiger charge is -2.17. The Morgan fingerprint density at radius 3 is 1.76 bits per heavy atom. The first-order valence-corrected chi connectivity index (χ1v) is 12.3. The van der Waals surface area contributed by atoms with Crippen LogP contribution in [0.5, 0.6) is 34.5 Å². The summed E-state index contributed by atoms with van der Waals surface area (Å²) in [6, 6.07) is 10.1. The quantitative estimate of drug-likeness (QED) is 0.349. The zero-order valence-corrected chi connectivity index (χ0v) is 22.1. The zero-order chi connectivity index (χ0) is 27.2. The summed E-state index contributed by atoms with van der Waals surface area (Å²) in [6.07, 6.45) is 3.41. The summed E-state index contributed by atoms with van der Waals surface area (Å²) in [5.41, 5.74) is 1.24. The molecular formula is C26H28FNO8S. The van der Waals surface area contributed by atoms with Crippen LogP contribution >= 0.6 is 0 Å². The SMILES string of the molecule is COc1ccc(S(=O)(=O)Nc2c(C=Cc3cc(OC)c(OC)c(OC)c3)ccc(OC)c2OC)cc1F. The van der Waals surface area contributed by atoms with Crippen LogP contribution in [0.25, 0.3) is 12.2 Å². The number of hydrogen-bond acceptors (Lipinski definition) is 8. The molecule has 0 heterocycles. The fourth-order valence-electron chi connectivity index (χ4n) is 3.58. The van der Waals surface area contributed by atoms with Crippen LogP contribution in [-0.4, -0.2) is 51.1 Å². The number of halogens is 1. The Kier molecular flexibility index (Phi) is 8.72. The highest BCUT2D eigenvalue weighted by molar-refractivity contribution is 7.92. The minimum Gasteiger partial charge on any atom is -0.494 e. The van der Waals surface area contributed by atoms with Gasteiger partial charge in [-0.1, -0.05) is 12.2 Å². The molecule has 1 N–H and O–H groups in total. The van der Waals surface area contributed by atoms with Gasteiger partial charge >= 0.3 is 0 Å². The molecule has 37 heavy (non-hydrogen) atoms. The lowest BCUT2D eigenvalue weighted by atomic mass is 10.1. The Morgan fingerprint density at radius 2 is 1.24 bits per heavy atom. The number of rotatable bonds is 11. The first-order chi connectivity index (χ1) is 17.7. The second kappa shape index (κ2) is 11.7. The molecule has 0 aliphatic heterocycles. The average Bonchev–Trinajstić information content (AvgIpc) is 2.90. The Labute approximate surface area is 215 Å². The van der Waals surface area contributed by atoms with Crippen molar-refractivity contribution in [1.82, 2.24) is 0 Å². The lowest BCUT2D eigenvalue weighted by Crippen LogP contribution is -2.15. The molecule has 0 amide bonds. The number of benzene rings is 3. The Balaban J connectivity index is 2.10. The van der Waals surface area contributed by atoms with E-state index in [9.17, 15) is 12.8 Å². The van der Waals surface area contributed by atoms with Crippen molar-refractivity contribution in [3.8, 4) is 34.5 Å². The Bertz CT molecular complexity index is 1380. The van der Waals surface area contributed by atoms with E-state index in [1.165, 1.54) is 54.8 Å². The van der Waals surface area contributed by atoms with Crippen molar-refractivity contribution in [3.63, 3.8) is 0 Å². The van der Waals surface area contributed by atoms with Gasteiger partial charge in [0, 0.05) is 5.56 Å². The predicted octanol–water partition coefficient (Wildman–Crippen LogP) is 4.85. The van der Waals surface area contributed by atoms with Crippen LogP contribution in [0.15, 0.2) is 47.4 Å². The average molecular weight is 534 g/mol. The van der Waals surface area contributed by atoms with Gasteiger partial charge < -0.3 is 28.4 Å². The van der Waals surface area contributed by atoms with Gasteiger partial charge in [-0.05, 0) is 48.0 Å². The van der Waals surface area contributed by atoms with Crippen LogP contribution in [-0.2, 0) is 10.0 Å². The minimum atomic E-state index is -4.23. The summed E-state index contributed by atoms with van der Waals surface area (Å²) in [5.74, 6) is 0.900. The lowest BCUT2D eigenvalue weighted by molar-refractivity contribution is 0.324. The third-order valence-electron chi connectivity index (χ3n) is 5.39. The van der Waals surface area contributed by atoms with Crippen molar-refractivity contribution in [2.45, 2.75) is 4.90 Å². The van der Waals surface area contributed by atoms with Crippen molar-refractivity contribution in [2.24, 2.45) is 0 Å². The largest absolute Gasteiger partial charge is 0.494 e. The molecule has 0 radical (unpaired) electrons. The summed E-state index contributed by atoms with van der Waals surface area (Å²) >= 11 is 0. The van der Waals surface area contributed by atoms with Gasteiger partial charge in [0.05, 0.1) is 47.6 Å². The zero-order valence-electron chi connectivity index (χ0n) is 21.2. The van der Waals surface area contributed by atoms with Gasteiger partial charge in [0.2, 0.25) is 5.75 Å². The highest BCUT2D eigenvalue weighted by Crippen LogP contribution is 2.41. The van der Waals surface area contributed by atoms with E-state index in [-0.39, 0.29) is 22.1 Å². The fourth-order valence-corrected chi connectivity index (χ4v) is 4.68. The van der Waals surface area contributed by atoms with Gasteiger partial charge in [-0.2, -0.15) is 0 Å². The van der Waals surface area contributed by atoms with E-state index in [0.717, 1.165) is 6.07 Å². The van der Waals surface area contributed by atoms with Gasteiger partial charge in [-0.3, -0.25) is 4.72 Å². The number of nitrogens with one attached hydrogen (secondary N) is 1. The second-order valence-corrected chi connectivity index (χ2v) is 9.14. The van der Waals surface area contributed by atoms with E-state index in [2.05, 4.69) is 4.72 Å². The summed E-state index contributed by atoms with van der Waals surface area (Å²) in [6.45, 7) is 0. The number of anilines is 1. The van der Waals surface area contributed by atoms with E-state index in [0.29, 0.717) is 34.1 Å². The van der Waals surface area contributed by atoms with Crippen LogP contribution in [0.2, 0.25) is 0 Å². The smallest absolute Gasteiger partial charge is 0.262 e. The summed E-state index contributed by atoms with van der Waals surface area (Å²) in [5, 5.41) is 0. The molecule has 3 aromatic carbocycles. The van der Waals surface area contributed by atoms with E-state index >= 15 is 0 Å². The number of methoxy groups -OCH3 is 6. The third-order valence-corrected chi connectivity index (χ3v) is 6.74. The second-order valence-electron chi connectivity index (χ2n) is 7.46. The molecule has 0 aromatic heterocycles. The van der Waals surface area contributed by atoms with Crippen molar-refractivity contribution < 1.29 is 41.2 Å². The molecule has 0 saturated carbocycles. The van der Waals surface area contributed by atoms with Crippen LogP contribution < -0.4 is 33.1 Å². The summed E-state index contributed by atoms with van der Waals surface area (Å²) in [4.78, 5) is -0.296. The van der Waals surface area contributed by atoms with Gasteiger partial charge in [0.1, 0.15) is 5.69 Å². The number of sulfonamides is 1. The highest BCUT2D eigenvalue weighted by atomic mass is 32.2. The van der Waals surface area contributed by atoms with E-state index < -0.39 is 15.8 Å². The fraction of sp³-hybridized carbons (Fsp3) is 0.231. The van der Waals surface area contributed by atoms with Crippen molar-refractivity contribution in [2.75, 3.05) is 47.4 Å². The highest BCUT2D eigenvalue weighted by Gasteiger charge is 2.23. The van der Waals surface area contributed by atoms with Crippen molar-refractivity contribution in [3.05, 3.63) is 59.4 Å². The molecule has 0 spiro atoms. The van der Waals surface area contributed by atoms with Gasteiger partial charge in [0.25, 0.3) is 10.0 Å². The van der Waals surface area contributed by atoms with E-state index in [1.54, 1.807) is 36.4 Å². The van der Waals surface area contributed by atoms with Gasteiger partial charge in [-0.15, -0.1) is 0 Å². The minimum absolute atomic E-state index is 0.0770. The molecule has 0 fully saturated rings. The monoisotopic (exact) mass is 533 g/mol. The maximum atomic E-state index is 14.2. The normalized spacial score (nSPS) is 11.2. The first kappa shape index (κ1) is 27.5. The van der Waals surface area contributed by atoms with Crippen LogP contribution in [0.1, 0.15) is 11.1 Å². The molecule has 0 aliphatic rings. The topological polar surface area (TPSA) is 102 Å². The van der Waals surface area contributed by atoms with Crippen LogP contribution in [0.3, 0.4) is 0 Å². The number of ether oxygens (including phenoxy) is 6. The van der Waals surface area contributed by atoms with Crippen molar-refractivity contribution >= 4 is 27.9 Å². The summed E-state index contributed by atoms with van der Waals surface area (Å²) < 4.78 is 75.0. The van der Waals surface area contributed by atoms with Crippen LogP contribution in [0.4, 0.5) is 10.1 Å². The molecule has 0 unspecified atom stereocenters. The Morgan fingerprint density at radius 1 is 0.676 bits per heavy atom. The molecule has 0 bridgehead atoms. The third kappa shape index (κ3) is 5.83. The standard InChI is InChI=1S/C26H28FNO8S/c1-31-20-12-10-18(15-19(20)27)37(29,30)28-24-17(9-11-21(32-2)26(24)36-6)8-7-16-13-22(33-3)25(35-5)23(14-16)34-4/h7-15,28H,1-6H3. The maximum absolute atomic E-state index is 14.2. The molecule has 0 saturated heterocycles. The first-order valence-electron chi connectivity index (χ1n) is 10.8. The molecule has 0 atom stereocenters. The van der Waals surface area contributed by atoms with Crippen molar-refractivity contribution in [1.29, 1.82) is 0 Å². The number of hydrogen-bond donors (Lipinski definition) is 1. The molecule has 3 rings (SSSR count). The van der Waals surface area contributed by atoms with Gasteiger partial charge in [0.15, 0.2) is 34.6 Å². The maximum Gasteiger partial charge on any atom is 0.262 e. The predicted molar refractivity (Wildman–Crippen MR) is 138 cm³/mol.